The Morgan fingerprint density at radius 2 is 0.597 bits per heavy atom. The van der Waals surface area contributed by atoms with Crippen LogP contribution in [0.2, 0.25) is 0 Å². The molecule has 0 unspecified atom stereocenters. The fraction of sp³-hybridized carbons (Fsp3) is 0. The Kier molecular flexibility index (Phi) is 10.0. The number of fused-ring (bicyclic) bond motifs is 3. The van der Waals surface area contributed by atoms with E-state index in [0.717, 1.165) is 83.1 Å². The lowest BCUT2D eigenvalue weighted by Crippen LogP contribution is -2.02. The summed E-state index contributed by atoms with van der Waals surface area (Å²) in [6.07, 6.45) is 0. The lowest BCUT2D eigenvalue weighted by atomic mass is 9.95. The predicted octanol–water partition coefficient (Wildman–Crippen LogP) is 14.5. The Labute approximate surface area is 387 Å². The van der Waals surface area contributed by atoms with Gasteiger partial charge in [-0.1, -0.05) is 194 Å². The van der Waals surface area contributed by atoms with Crippen molar-refractivity contribution in [3.63, 3.8) is 0 Å². The monoisotopic (exact) mass is 857 g/mol. The third-order valence-corrected chi connectivity index (χ3v) is 12.1. The third-order valence-electron chi connectivity index (χ3n) is 12.1. The molecule has 0 atom stereocenters. The van der Waals surface area contributed by atoms with Crippen molar-refractivity contribution in [2.24, 2.45) is 0 Å². The molecule has 314 valence electrons. The van der Waals surface area contributed by atoms with Crippen LogP contribution in [0.4, 0.5) is 0 Å². The van der Waals surface area contributed by atoms with E-state index in [1.807, 2.05) is 97.1 Å². The van der Waals surface area contributed by atoms with E-state index >= 15 is 0 Å². The molecule has 7 nitrogen and oxygen atoms in total. The van der Waals surface area contributed by atoms with Gasteiger partial charge in [-0.15, -0.1) is 0 Å². The van der Waals surface area contributed by atoms with Crippen LogP contribution in [0.3, 0.4) is 0 Å². The first-order valence-corrected chi connectivity index (χ1v) is 22.3. The normalized spacial score (nSPS) is 11.3. The highest BCUT2D eigenvalue weighted by Crippen LogP contribution is 2.40. The lowest BCUT2D eigenvalue weighted by Gasteiger charge is -2.15. The highest BCUT2D eigenvalue weighted by Gasteiger charge is 2.21. The van der Waals surface area contributed by atoms with Crippen LogP contribution >= 0.6 is 0 Å². The Morgan fingerprint density at radius 1 is 0.224 bits per heavy atom. The molecule has 0 aliphatic rings. The van der Waals surface area contributed by atoms with Crippen molar-refractivity contribution in [3.8, 4) is 96.3 Å². The number of aromatic nitrogens is 7. The van der Waals surface area contributed by atoms with Gasteiger partial charge in [0.2, 0.25) is 0 Å². The average Bonchev–Trinajstić information content (AvgIpc) is 3.75. The van der Waals surface area contributed by atoms with Gasteiger partial charge in [0.25, 0.3) is 0 Å². The molecule has 67 heavy (non-hydrogen) atoms. The van der Waals surface area contributed by atoms with E-state index in [2.05, 4.69) is 144 Å². The molecule has 0 N–H and O–H groups in total. The molecule has 0 fully saturated rings. The Morgan fingerprint density at radius 3 is 1.15 bits per heavy atom. The summed E-state index contributed by atoms with van der Waals surface area (Å²) in [5.41, 5.74) is 12.8. The fourth-order valence-electron chi connectivity index (χ4n) is 8.83. The van der Waals surface area contributed by atoms with Gasteiger partial charge in [-0.05, 0) is 64.7 Å². The summed E-state index contributed by atoms with van der Waals surface area (Å²) >= 11 is 0. The average molecular weight is 858 g/mol. The number of para-hydroxylation sites is 2. The largest absolute Gasteiger partial charge is 0.309 e. The molecule has 0 amide bonds. The first-order valence-electron chi connectivity index (χ1n) is 22.3. The van der Waals surface area contributed by atoms with Crippen molar-refractivity contribution < 1.29 is 0 Å². The van der Waals surface area contributed by atoms with E-state index in [4.69, 9.17) is 29.9 Å². The summed E-state index contributed by atoms with van der Waals surface area (Å²) in [5, 5.41) is 2.29. The number of nitrogens with zero attached hydrogens (tertiary/aromatic N) is 7. The molecule has 3 heterocycles. The summed E-state index contributed by atoms with van der Waals surface area (Å²) in [5.74, 6) is 3.47. The second-order valence-electron chi connectivity index (χ2n) is 16.3. The lowest BCUT2D eigenvalue weighted by molar-refractivity contribution is 1.07. The van der Waals surface area contributed by atoms with Gasteiger partial charge in [-0.25, -0.2) is 29.9 Å². The molecule has 3 aromatic heterocycles. The second kappa shape index (κ2) is 17.1. The summed E-state index contributed by atoms with van der Waals surface area (Å²) in [7, 11) is 0. The summed E-state index contributed by atoms with van der Waals surface area (Å²) in [6.45, 7) is 0. The Hall–Kier alpha value is -9.20. The van der Waals surface area contributed by atoms with Gasteiger partial charge in [0.1, 0.15) is 0 Å². The van der Waals surface area contributed by atoms with Gasteiger partial charge in [0.05, 0.1) is 11.0 Å². The van der Waals surface area contributed by atoms with Gasteiger partial charge in [-0.3, -0.25) is 0 Å². The molecule has 0 aliphatic carbocycles. The molecule has 12 rings (SSSR count). The van der Waals surface area contributed by atoms with Gasteiger partial charge in [0, 0.05) is 49.8 Å². The molecular weight excluding hydrogens is 819 g/mol. The molecule has 9 aromatic carbocycles. The van der Waals surface area contributed by atoms with Crippen LogP contribution in [0, 0.1) is 0 Å². The standard InChI is InChI=1S/C60H39N7/c1-6-18-40(19-7-1)41-30-32-45(33-31-41)58-61-55(42-20-8-2-9-21-42)63-59(64-58)47-34-36-50(60-65-56(43-22-10-3-11-23-43)62-57(66-60)44-24-12-4-13-25-44)51(39-47)46-35-37-54-52(38-46)49-28-16-17-29-53(49)67(54)48-26-14-5-15-27-48/h1-39H. The molecule has 0 saturated heterocycles. The minimum absolute atomic E-state index is 0.552. The molecule has 0 radical (unpaired) electrons. The highest BCUT2D eigenvalue weighted by atomic mass is 15.0. The van der Waals surface area contributed by atoms with Gasteiger partial charge < -0.3 is 4.57 Å². The van der Waals surface area contributed by atoms with Crippen LogP contribution in [0.1, 0.15) is 0 Å². The van der Waals surface area contributed by atoms with Crippen molar-refractivity contribution in [2.45, 2.75) is 0 Å². The van der Waals surface area contributed by atoms with Gasteiger partial charge in [-0.2, -0.15) is 0 Å². The van der Waals surface area contributed by atoms with E-state index in [0.29, 0.717) is 34.9 Å². The predicted molar refractivity (Wildman–Crippen MR) is 271 cm³/mol. The zero-order valence-electron chi connectivity index (χ0n) is 36.1. The smallest absolute Gasteiger partial charge is 0.164 e. The van der Waals surface area contributed by atoms with Crippen molar-refractivity contribution in [1.82, 2.24) is 34.5 Å². The minimum Gasteiger partial charge on any atom is -0.309 e. The van der Waals surface area contributed by atoms with Crippen LogP contribution in [0.5, 0.6) is 0 Å². The van der Waals surface area contributed by atoms with Crippen LogP contribution in [0.15, 0.2) is 237 Å². The van der Waals surface area contributed by atoms with Crippen molar-refractivity contribution in [1.29, 1.82) is 0 Å². The van der Waals surface area contributed by atoms with Crippen LogP contribution in [-0.2, 0) is 0 Å². The summed E-state index contributed by atoms with van der Waals surface area (Å²) in [6, 6.07) is 81.2. The van der Waals surface area contributed by atoms with E-state index in [-0.39, 0.29) is 0 Å². The van der Waals surface area contributed by atoms with Crippen LogP contribution in [0.25, 0.3) is 118 Å². The quantitative estimate of drug-likeness (QED) is 0.144. The first-order chi connectivity index (χ1) is 33.2. The molecule has 0 bridgehead atoms. The van der Waals surface area contributed by atoms with Crippen molar-refractivity contribution in [3.05, 3.63) is 237 Å². The number of hydrogen-bond donors (Lipinski definition) is 0. The highest BCUT2D eigenvalue weighted by molar-refractivity contribution is 6.11. The summed E-state index contributed by atoms with van der Waals surface area (Å²) < 4.78 is 2.33. The molecule has 0 saturated carbocycles. The van der Waals surface area contributed by atoms with Gasteiger partial charge in [0.15, 0.2) is 34.9 Å². The zero-order chi connectivity index (χ0) is 44.5. The SMILES string of the molecule is c1ccc(-c2ccc(-c3nc(-c4ccccc4)nc(-c4ccc(-c5nc(-c6ccccc6)nc(-c6ccccc6)n5)c(-c5ccc6c(c5)c5ccccc5n6-c5ccccc5)c4)n3)cc2)cc1. The van der Waals surface area contributed by atoms with E-state index in [1.165, 1.54) is 0 Å². The summed E-state index contributed by atoms with van der Waals surface area (Å²) in [4.78, 5) is 30.9. The fourth-order valence-corrected chi connectivity index (χ4v) is 8.83. The van der Waals surface area contributed by atoms with Gasteiger partial charge >= 0.3 is 0 Å². The van der Waals surface area contributed by atoms with E-state index in [9.17, 15) is 0 Å². The van der Waals surface area contributed by atoms with Crippen LogP contribution < -0.4 is 0 Å². The first kappa shape index (κ1) is 39.4. The molecule has 0 aliphatic heterocycles. The molecule has 12 aromatic rings. The van der Waals surface area contributed by atoms with E-state index in [1.54, 1.807) is 0 Å². The second-order valence-corrected chi connectivity index (χ2v) is 16.3. The Bertz CT molecular complexity index is 3650. The topological polar surface area (TPSA) is 82.3 Å². The molecule has 7 heteroatoms. The van der Waals surface area contributed by atoms with Crippen molar-refractivity contribution in [2.75, 3.05) is 0 Å². The van der Waals surface area contributed by atoms with Crippen LogP contribution in [-0.4, -0.2) is 34.5 Å². The molecule has 0 spiro atoms. The number of benzene rings is 9. The maximum atomic E-state index is 5.21. The maximum absolute atomic E-state index is 5.21. The van der Waals surface area contributed by atoms with Crippen molar-refractivity contribution >= 4 is 21.8 Å². The molecular formula is C60H39N7. The Balaban J connectivity index is 1.08. The number of rotatable bonds is 9. The van der Waals surface area contributed by atoms with E-state index < -0.39 is 0 Å². The minimum atomic E-state index is 0.552. The number of hydrogen-bond acceptors (Lipinski definition) is 6. The maximum Gasteiger partial charge on any atom is 0.164 e. The third kappa shape index (κ3) is 7.60. The zero-order valence-corrected chi connectivity index (χ0v) is 36.1.